The maximum Gasteiger partial charge on any atom is 0.269 e. The summed E-state index contributed by atoms with van der Waals surface area (Å²) < 4.78 is 10.4. The summed E-state index contributed by atoms with van der Waals surface area (Å²) in [5.41, 5.74) is 6.85. The predicted octanol–water partition coefficient (Wildman–Crippen LogP) is 2.60. The monoisotopic (exact) mass is 387 g/mol. The third-order valence-corrected chi connectivity index (χ3v) is 5.24. The van der Waals surface area contributed by atoms with Gasteiger partial charge < -0.3 is 9.47 Å². The first-order valence-corrected chi connectivity index (χ1v) is 9.47. The van der Waals surface area contributed by atoms with Gasteiger partial charge in [0.2, 0.25) is 12.7 Å². The van der Waals surface area contributed by atoms with E-state index in [1.54, 1.807) is 29.5 Å². The predicted molar refractivity (Wildman–Crippen MR) is 97.3 cm³/mol. The fourth-order valence-corrected chi connectivity index (χ4v) is 3.88. The first-order valence-electron chi connectivity index (χ1n) is 7.65. The Balaban J connectivity index is 1.32. The number of rotatable bonds is 4. The lowest BCUT2D eigenvalue weighted by atomic mass is 10.2. The third kappa shape index (κ3) is 3.53. The average molecular weight is 387 g/mol. The second kappa shape index (κ2) is 7.14. The number of aromatic nitrogens is 1. The zero-order valence-electron chi connectivity index (χ0n) is 13.4. The van der Waals surface area contributed by atoms with Gasteiger partial charge in [-0.25, -0.2) is 4.98 Å². The van der Waals surface area contributed by atoms with Crippen molar-refractivity contribution in [2.75, 3.05) is 6.79 Å². The van der Waals surface area contributed by atoms with E-state index in [0.29, 0.717) is 22.8 Å². The maximum atomic E-state index is 12.1. The summed E-state index contributed by atoms with van der Waals surface area (Å²) >= 11 is 3.08. The van der Waals surface area contributed by atoms with Crippen molar-refractivity contribution in [1.29, 1.82) is 0 Å². The first kappa shape index (κ1) is 16.6. The highest BCUT2D eigenvalue weighted by molar-refractivity contribution is 7.14. The molecule has 4 rings (SSSR count). The molecule has 0 radical (unpaired) electrons. The van der Waals surface area contributed by atoms with E-state index in [1.807, 2.05) is 22.2 Å². The van der Waals surface area contributed by atoms with Crippen molar-refractivity contribution in [2.24, 2.45) is 0 Å². The molecule has 0 atom stereocenters. The van der Waals surface area contributed by atoms with E-state index in [2.05, 4.69) is 15.8 Å². The van der Waals surface area contributed by atoms with Gasteiger partial charge >= 0.3 is 0 Å². The van der Waals surface area contributed by atoms with Gasteiger partial charge in [-0.05, 0) is 29.6 Å². The highest BCUT2D eigenvalue weighted by Gasteiger charge is 2.17. The van der Waals surface area contributed by atoms with Crippen LogP contribution < -0.4 is 20.3 Å². The lowest BCUT2D eigenvalue weighted by Crippen LogP contribution is -2.42. The number of carbonyl (C=O) groups is 2. The number of carbonyl (C=O) groups excluding carboxylic acids is 2. The number of thiazole rings is 1. The summed E-state index contributed by atoms with van der Waals surface area (Å²) in [4.78, 5) is 28.6. The summed E-state index contributed by atoms with van der Waals surface area (Å²) in [5.74, 6) is 0.318. The van der Waals surface area contributed by atoms with Gasteiger partial charge in [-0.15, -0.1) is 11.3 Å². The molecule has 0 saturated carbocycles. The van der Waals surface area contributed by atoms with Gasteiger partial charge in [-0.3, -0.25) is 20.4 Å². The molecule has 26 heavy (non-hydrogen) atoms. The lowest BCUT2D eigenvalue weighted by Gasteiger charge is -2.07. The number of hydrogen-bond acceptors (Lipinski definition) is 7. The van der Waals surface area contributed by atoms with Crippen LogP contribution >= 0.6 is 22.7 Å². The van der Waals surface area contributed by atoms with E-state index >= 15 is 0 Å². The van der Waals surface area contributed by atoms with Crippen molar-refractivity contribution in [3.63, 3.8) is 0 Å². The van der Waals surface area contributed by atoms with Crippen molar-refractivity contribution in [3.05, 3.63) is 51.7 Å². The standard InChI is InChI=1S/C17H13N3O4S2/c21-15(6-12-8-26-17(18-12)11-3-4-25-7-11)19-20-16(22)10-1-2-13-14(5-10)24-9-23-13/h1-5,7-8H,6,9H2,(H,19,21)(H,20,22). The maximum absolute atomic E-state index is 12.1. The van der Waals surface area contributed by atoms with Crippen LogP contribution in [-0.4, -0.2) is 23.6 Å². The molecule has 0 fully saturated rings. The minimum Gasteiger partial charge on any atom is -0.454 e. The lowest BCUT2D eigenvalue weighted by molar-refractivity contribution is -0.121. The second-order valence-corrected chi connectivity index (χ2v) is 7.04. The van der Waals surface area contributed by atoms with Crippen LogP contribution in [-0.2, 0) is 11.2 Å². The van der Waals surface area contributed by atoms with Crippen LogP contribution in [0.25, 0.3) is 10.6 Å². The van der Waals surface area contributed by atoms with Gasteiger partial charge in [-0.2, -0.15) is 11.3 Å². The summed E-state index contributed by atoms with van der Waals surface area (Å²) in [6.07, 6.45) is 0.0854. The van der Waals surface area contributed by atoms with Crippen molar-refractivity contribution < 1.29 is 19.1 Å². The SMILES string of the molecule is O=C(Cc1csc(-c2ccsc2)n1)NNC(=O)c1ccc2c(c1)OCO2. The van der Waals surface area contributed by atoms with Crippen LogP contribution in [0.4, 0.5) is 0 Å². The molecular weight excluding hydrogens is 374 g/mol. The average Bonchev–Trinajstić information content (AvgIpc) is 3.38. The number of fused-ring (bicyclic) bond motifs is 1. The molecule has 0 unspecified atom stereocenters. The number of hydrogen-bond donors (Lipinski definition) is 2. The van der Waals surface area contributed by atoms with Crippen LogP contribution in [0.1, 0.15) is 16.1 Å². The zero-order valence-corrected chi connectivity index (χ0v) is 15.0. The highest BCUT2D eigenvalue weighted by Crippen LogP contribution is 2.32. The van der Waals surface area contributed by atoms with Gasteiger partial charge in [0.25, 0.3) is 5.91 Å². The Morgan fingerprint density at radius 1 is 1.12 bits per heavy atom. The van der Waals surface area contributed by atoms with Gasteiger partial charge in [-0.1, -0.05) is 0 Å². The van der Waals surface area contributed by atoms with Crippen LogP contribution in [0.15, 0.2) is 40.4 Å². The Morgan fingerprint density at radius 2 is 2.00 bits per heavy atom. The van der Waals surface area contributed by atoms with Gasteiger partial charge in [0.1, 0.15) is 5.01 Å². The molecule has 3 heterocycles. The number of benzene rings is 1. The number of nitrogens with zero attached hydrogens (tertiary/aromatic N) is 1. The van der Waals surface area contributed by atoms with Crippen molar-refractivity contribution in [2.45, 2.75) is 6.42 Å². The molecule has 2 N–H and O–H groups in total. The Labute approximate surface area is 156 Å². The third-order valence-electron chi connectivity index (χ3n) is 3.61. The molecule has 0 aliphatic carbocycles. The molecule has 0 saturated heterocycles. The molecule has 0 spiro atoms. The molecule has 132 valence electrons. The molecule has 7 nitrogen and oxygen atoms in total. The Kier molecular flexibility index (Phi) is 4.55. The van der Waals surface area contributed by atoms with Crippen molar-refractivity contribution in [1.82, 2.24) is 15.8 Å². The van der Waals surface area contributed by atoms with Crippen molar-refractivity contribution >= 4 is 34.5 Å². The van der Waals surface area contributed by atoms with Gasteiger partial charge in [0.05, 0.1) is 12.1 Å². The number of thiophene rings is 1. The molecule has 1 aliphatic rings. The molecule has 0 bridgehead atoms. The quantitative estimate of drug-likeness (QED) is 0.672. The number of ether oxygens (including phenoxy) is 2. The molecule has 2 amide bonds. The highest BCUT2D eigenvalue weighted by atomic mass is 32.1. The number of hydrazine groups is 1. The number of nitrogens with one attached hydrogen (secondary N) is 2. The van der Waals surface area contributed by atoms with E-state index in [1.165, 1.54) is 11.3 Å². The zero-order chi connectivity index (χ0) is 17.9. The van der Waals surface area contributed by atoms with E-state index in [-0.39, 0.29) is 19.1 Å². The van der Waals surface area contributed by atoms with Gasteiger partial charge in [0, 0.05) is 21.9 Å². The largest absolute Gasteiger partial charge is 0.454 e. The fraction of sp³-hybridized carbons (Fsp3) is 0.118. The Bertz CT molecular complexity index is 953. The minimum absolute atomic E-state index is 0.0854. The second-order valence-electron chi connectivity index (χ2n) is 5.40. The molecule has 9 heteroatoms. The molecule has 2 aromatic heterocycles. The van der Waals surface area contributed by atoms with Crippen LogP contribution in [0.3, 0.4) is 0 Å². The van der Waals surface area contributed by atoms with E-state index in [0.717, 1.165) is 10.6 Å². The molecular formula is C17H13N3O4S2. The van der Waals surface area contributed by atoms with E-state index in [9.17, 15) is 9.59 Å². The van der Waals surface area contributed by atoms with Crippen LogP contribution in [0, 0.1) is 0 Å². The summed E-state index contributed by atoms with van der Waals surface area (Å²) in [6.45, 7) is 0.137. The van der Waals surface area contributed by atoms with Gasteiger partial charge in [0.15, 0.2) is 11.5 Å². The normalized spacial score (nSPS) is 12.0. The Morgan fingerprint density at radius 3 is 2.85 bits per heavy atom. The van der Waals surface area contributed by atoms with E-state index < -0.39 is 5.91 Å². The minimum atomic E-state index is -0.436. The molecule has 1 aliphatic heterocycles. The molecule has 3 aromatic rings. The fourth-order valence-electron chi connectivity index (χ4n) is 2.35. The topological polar surface area (TPSA) is 89.6 Å². The Hall–Kier alpha value is -2.91. The first-order chi connectivity index (χ1) is 12.7. The van der Waals surface area contributed by atoms with E-state index in [4.69, 9.17) is 9.47 Å². The van der Waals surface area contributed by atoms with Crippen LogP contribution in [0.5, 0.6) is 11.5 Å². The summed E-state index contributed by atoms with van der Waals surface area (Å²) in [6, 6.07) is 6.80. The molecule has 1 aromatic carbocycles. The summed E-state index contributed by atoms with van der Waals surface area (Å²) in [5, 5.41) is 6.70. The number of amides is 2. The summed E-state index contributed by atoms with van der Waals surface area (Å²) in [7, 11) is 0. The smallest absolute Gasteiger partial charge is 0.269 e. The van der Waals surface area contributed by atoms with Crippen molar-refractivity contribution in [3.8, 4) is 22.1 Å². The van der Waals surface area contributed by atoms with Crippen LogP contribution in [0.2, 0.25) is 0 Å².